The quantitative estimate of drug-likeness (QED) is 0.863. The van der Waals surface area contributed by atoms with Crippen molar-refractivity contribution in [2.75, 3.05) is 13.7 Å². The molecule has 1 N–H and O–H groups in total. The van der Waals surface area contributed by atoms with Gasteiger partial charge in [0.05, 0.1) is 7.11 Å². The van der Waals surface area contributed by atoms with Crippen LogP contribution in [0.1, 0.15) is 36.5 Å². The molecule has 0 aromatic carbocycles. The van der Waals surface area contributed by atoms with Gasteiger partial charge in [-0.15, -0.1) is 0 Å². The van der Waals surface area contributed by atoms with Gasteiger partial charge in [0, 0.05) is 24.8 Å². The minimum atomic E-state index is -0.223. The van der Waals surface area contributed by atoms with Gasteiger partial charge in [-0.2, -0.15) is 0 Å². The van der Waals surface area contributed by atoms with Crippen LogP contribution >= 0.6 is 0 Å². The Morgan fingerprint density at radius 1 is 1.15 bits per heavy atom. The number of ether oxygens (including phenoxy) is 1. The molecule has 0 saturated carbocycles. The average molecular weight is 273 g/mol. The molecule has 20 heavy (non-hydrogen) atoms. The van der Waals surface area contributed by atoms with Crippen molar-refractivity contribution in [2.45, 2.75) is 26.3 Å². The highest BCUT2D eigenvalue weighted by molar-refractivity contribution is 5.26. The Hall–Kier alpha value is -2.08. The zero-order chi connectivity index (χ0) is 14.4. The van der Waals surface area contributed by atoms with Crippen LogP contribution < -0.4 is 10.1 Å². The second-order valence-corrected chi connectivity index (χ2v) is 4.46. The summed E-state index contributed by atoms with van der Waals surface area (Å²) in [6.45, 7) is 4.90. The fourth-order valence-electron chi connectivity index (χ4n) is 1.84. The van der Waals surface area contributed by atoms with Crippen molar-refractivity contribution in [3.05, 3.63) is 41.9 Å². The molecule has 2 aromatic rings. The van der Waals surface area contributed by atoms with Gasteiger partial charge in [-0.3, -0.25) is 4.98 Å². The van der Waals surface area contributed by atoms with Gasteiger partial charge in [0.25, 0.3) is 0 Å². The van der Waals surface area contributed by atoms with Gasteiger partial charge in [-0.25, -0.2) is 15.0 Å². The highest BCUT2D eigenvalue weighted by atomic mass is 16.5. The Kier molecular flexibility index (Phi) is 4.95. The monoisotopic (exact) mass is 273 g/mol. The molecule has 0 spiro atoms. The molecule has 0 aliphatic heterocycles. The van der Waals surface area contributed by atoms with Crippen LogP contribution in [0.25, 0.3) is 0 Å². The highest BCUT2D eigenvalue weighted by Crippen LogP contribution is 2.23. The third-order valence-corrected chi connectivity index (χ3v) is 2.82. The summed E-state index contributed by atoms with van der Waals surface area (Å²) in [6, 6.07) is -0.223. The van der Waals surface area contributed by atoms with Gasteiger partial charge in [-0.1, -0.05) is 6.92 Å². The molecule has 0 fully saturated rings. The van der Waals surface area contributed by atoms with Crippen LogP contribution in [0.2, 0.25) is 0 Å². The fraction of sp³-hybridized carbons (Fsp3) is 0.429. The van der Waals surface area contributed by atoms with E-state index in [-0.39, 0.29) is 6.04 Å². The number of hydrogen-bond acceptors (Lipinski definition) is 6. The minimum absolute atomic E-state index is 0.223. The van der Waals surface area contributed by atoms with Crippen molar-refractivity contribution in [1.29, 1.82) is 0 Å². The van der Waals surface area contributed by atoms with Gasteiger partial charge in [0.1, 0.15) is 11.7 Å². The smallest absolute Gasteiger partial charge is 0.237 e. The van der Waals surface area contributed by atoms with Crippen LogP contribution in [0.3, 0.4) is 0 Å². The molecule has 0 aliphatic carbocycles. The topological polar surface area (TPSA) is 72.8 Å². The van der Waals surface area contributed by atoms with Crippen LogP contribution in [0, 0.1) is 6.92 Å². The summed E-state index contributed by atoms with van der Waals surface area (Å²) in [6.07, 6.45) is 7.85. The van der Waals surface area contributed by atoms with E-state index >= 15 is 0 Å². The largest absolute Gasteiger partial charge is 0.480 e. The van der Waals surface area contributed by atoms with Crippen molar-refractivity contribution in [3.8, 4) is 5.88 Å². The second-order valence-electron chi connectivity index (χ2n) is 4.46. The van der Waals surface area contributed by atoms with Crippen molar-refractivity contribution in [3.63, 3.8) is 0 Å². The summed E-state index contributed by atoms with van der Waals surface area (Å²) in [5.74, 6) is 1.16. The van der Waals surface area contributed by atoms with E-state index in [4.69, 9.17) is 4.74 Å². The SMILES string of the molecule is CCCNC(c1ncc(C)cn1)c1nccnc1OC. The molecule has 0 bridgehead atoms. The summed E-state index contributed by atoms with van der Waals surface area (Å²) < 4.78 is 5.28. The summed E-state index contributed by atoms with van der Waals surface area (Å²) in [5, 5.41) is 3.39. The molecule has 0 amide bonds. The predicted molar refractivity (Wildman–Crippen MR) is 75.5 cm³/mol. The van der Waals surface area contributed by atoms with Gasteiger partial charge in [0.2, 0.25) is 5.88 Å². The zero-order valence-corrected chi connectivity index (χ0v) is 12.0. The lowest BCUT2D eigenvalue weighted by atomic mass is 10.1. The van der Waals surface area contributed by atoms with E-state index in [9.17, 15) is 0 Å². The average Bonchev–Trinajstić information content (AvgIpc) is 2.50. The zero-order valence-electron chi connectivity index (χ0n) is 12.0. The van der Waals surface area contributed by atoms with Crippen LogP contribution in [-0.2, 0) is 0 Å². The Labute approximate surface area is 118 Å². The highest BCUT2D eigenvalue weighted by Gasteiger charge is 2.22. The lowest BCUT2D eigenvalue weighted by Gasteiger charge is -2.18. The van der Waals surface area contributed by atoms with E-state index in [2.05, 4.69) is 32.2 Å². The van der Waals surface area contributed by atoms with Gasteiger partial charge < -0.3 is 10.1 Å². The first-order valence-corrected chi connectivity index (χ1v) is 6.63. The standard InChI is InChI=1S/C14H19N5O/c1-4-5-15-11(13-18-8-10(2)9-19-13)12-14(20-3)17-7-6-16-12/h6-9,11,15H,4-5H2,1-3H3. The molecule has 2 rings (SSSR count). The fourth-order valence-corrected chi connectivity index (χ4v) is 1.84. The first-order chi connectivity index (χ1) is 9.76. The number of nitrogens with zero attached hydrogens (tertiary/aromatic N) is 4. The van der Waals surface area contributed by atoms with Crippen LogP contribution in [0.5, 0.6) is 5.88 Å². The molecule has 0 saturated heterocycles. The number of aryl methyl sites for hydroxylation is 1. The third-order valence-electron chi connectivity index (χ3n) is 2.82. The Balaban J connectivity index is 2.38. The second kappa shape index (κ2) is 6.91. The van der Waals surface area contributed by atoms with Crippen LogP contribution in [0.15, 0.2) is 24.8 Å². The Morgan fingerprint density at radius 3 is 2.50 bits per heavy atom. The Bertz CT molecular complexity index is 544. The van der Waals surface area contributed by atoms with E-state index in [1.165, 1.54) is 0 Å². The van der Waals surface area contributed by atoms with Crippen molar-refractivity contribution >= 4 is 0 Å². The first-order valence-electron chi connectivity index (χ1n) is 6.63. The number of rotatable bonds is 6. The summed E-state index contributed by atoms with van der Waals surface area (Å²) in [5.41, 5.74) is 1.72. The maximum Gasteiger partial charge on any atom is 0.237 e. The molecule has 0 aliphatic rings. The molecule has 2 aromatic heterocycles. The molecule has 2 heterocycles. The number of nitrogens with one attached hydrogen (secondary N) is 1. The van der Waals surface area contributed by atoms with Crippen molar-refractivity contribution in [2.24, 2.45) is 0 Å². The summed E-state index contributed by atoms with van der Waals surface area (Å²) >= 11 is 0. The van der Waals surface area contributed by atoms with Gasteiger partial charge in [-0.05, 0) is 25.5 Å². The molecule has 1 unspecified atom stereocenters. The van der Waals surface area contributed by atoms with E-state index < -0.39 is 0 Å². The van der Waals surface area contributed by atoms with Gasteiger partial charge in [0.15, 0.2) is 5.82 Å². The van der Waals surface area contributed by atoms with E-state index in [1.54, 1.807) is 31.9 Å². The Morgan fingerprint density at radius 2 is 1.85 bits per heavy atom. The lowest BCUT2D eigenvalue weighted by Crippen LogP contribution is -2.26. The molecule has 0 radical (unpaired) electrons. The molecular weight excluding hydrogens is 254 g/mol. The molecule has 6 nitrogen and oxygen atoms in total. The molecule has 6 heteroatoms. The maximum atomic E-state index is 5.28. The van der Waals surface area contributed by atoms with Crippen LogP contribution in [-0.4, -0.2) is 33.6 Å². The maximum absolute atomic E-state index is 5.28. The van der Waals surface area contributed by atoms with Gasteiger partial charge >= 0.3 is 0 Å². The lowest BCUT2D eigenvalue weighted by molar-refractivity contribution is 0.381. The van der Waals surface area contributed by atoms with E-state index in [0.29, 0.717) is 17.4 Å². The molecular formula is C14H19N5O. The minimum Gasteiger partial charge on any atom is -0.480 e. The van der Waals surface area contributed by atoms with Crippen molar-refractivity contribution in [1.82, 2.24) is 25.3 Å². The summed E-state index contributed by atoms with van der Waals surface area (Å²) in [7, 11) is 1.58. The predicted octanol–water partition coefficient (Wildman–Crippen LogP) is 1.67. The third kappa shape index (κ3) is 3.27. The van der Waals surface area contributed by atoms with Crippen molar-refractivity contribution < 1.29 is 4.74 Å². The van der Waals surface area contributed by atoms with Crippen LogP contribution in [0.4, 0.5) is 0 Å². The number of methoxy groups -OCH3 is 1. The van der Waals surface area contributed by atoms with E-state index in [1.807, 2.05) is 6.92 Å². The molecule has 1 atom stereocenters. The summed E-state index contributed by atoms with van der Waals surface area (Å²) in [4.78, 5) is 17.3. The normalized spacial score (nSPS) is 12.2. The number of aromatic nitrogens is 4. The number of hydrogen-bond donors (Lipinski definition) is 1. The van der Waals surface area contributed by atoms with E-state index in [0.717, 1.165) is 18.5 Å². The first kappa shape index (κ1) is 14.3. The molecule has 106 valence electrons.